The van der Waals surface area contributed by atoms with Gasteiger partial charge in [-0.3, -0.25) is 9.69 Å². The van der Waals surface area contributed by atoms with Crippen molar-refractivity contribution in [1.29, 1.82) is 0 Å². The van der Waals surface area contributed by atoms with E-state index in [9.17, 15) is 22.8 Å². The van der Waals surface area contributed by atoms with E-state index in [1.165, 1.54) is 35.2 Å². The Hall–Kier alpha value is -3.29. The van der Waals surface area contributed by atoms with Gasteiger partial charge in [0.05, 0.1) is 11.6 Å². The summed E-state index contributed by atoms with van der Waals surface area (Å²) in [5.74, 6) is 0. The van der Waals surface area contributed by atoms with E-state index in [2.05, 4.69) is 11.9 Å². The molecule has 1 aliphatic heterocycles. The molecule has 3 aromatic rings. The summed E-state index contributed by atoms with van der Waals surface area (Å²) in [6.45, 7) is 3.96. The Bertz CT molecular complexity index is 1140. The molecule has 5 nitrogen and oxygen atoms in total. The first-order valence-corrected chi connectivity index (χ1v) is 8.38. The predicted octanol–water partition coefficient (Wildman–Crippen LogP) is 4.37. The summed E-state index contributed by atoms with van der Waals surface area (Å²) in [6, 6.07) is 10.8. The quantitative estimate of drug-likeness (QED) is 0.710. The molecular formula is C20H14F3N2O3. The van der Waals surface area contributed by atoms with Crippen LogP contribution in [-0.2, 0) is 10.9 Å². The molecule has 1 saturated heterocycles. The van der Waals surface area contributed by atoms with Gasteiger partial charge in [-0.25, -0.2) is 4.79 Å². The molecular weight excluding hydrogens is 373 g/mol. The number of alkyl halides is 3. The topological polar surface area (TPSA) is 62.4 Å². The highest BCUT2D eigenvalue weighted by Crippen LogP contribution is 2.36. The molecule has 1 fully saturated rings. The zero-order valence-corrected chi connectivity index (χ0v) is 14.4. The van der Waals surface area contributed by atoms with Gasteiger partial charge in [-0.1, -0.05) is 24.3 Å². The van der Waals surface area contributed by atoms with Gasteiger partial charge in [-0.05, 0) is 36.6 Å². The van der Waals surface area contributed by atoms with Gasteiger partial charge in [0.2, 0.25) is 0 Å². The third-order valence-corrected chi connectivity index (χ3v) is 4.59. The van der Waals surface area contributed by atoms with Crippen molar-refractivity contribution in [1.82, 2.24) is 4.98 Å². The molecule has 143 valence electrons. The highest BCUT2D eigenvalue weighted by atomic mass is 19.4. The van der Waals surface area contributed by atoms with E-state index in [0.717, 1.165) is 6.07 Å². The minimum atomic E-state index is -4.55. The molecule has 1 atom stereocenters. The zero-order chi connectivity index (χ0) is 20.1. The van der Waals surface area contributed by atoms with Crippen LogP contribution in [0.2, 0.25) is 0 Å². The Morgan fingerprint density at radius 3 is 2.54 bits per heavy atom. The second-order valence-corrected chi connectivity index (χ2v) is 6.43. The molecule has 1 N–H and O–H groups in total. The minimum Gasteiger partial charge on any atom is -0.447 e. The van der Waals surface area contributed by atoms with Crippen LogP contribution in [0, 0.1) is 6.92 Å². The number of fused-ring (bicyclic) bond motifs is 1. The lowest BCUT2D eigenvalue weighted by atomic mass is 10.0. The van der Waals surface area contributed by atoms with Gasteiger partial charge in [0, 0.05) is 22.3 Å². The van der Waals surface area contributed by atoms with E-state index in [4.69, 9.17) is 4.74 Å². The summed E-state index contributed by atoms with van der Waals surface area (Å²) >= 11 is 0. The van der Waals surface area contributed by atoms with Gasteiger partial charge < -0.3 is 9.72 Å². The maximum atomic E-state index is 13.3. The molecule has 1 aliphatic rings. The molecule has 0 unspecified atom stereocenters. The second-order valence-electron chi connectivity index (χ2n) is 6.43. The number of benzene rings is 2. The number of pyridine rings is 1. The van der Waals surface area contributed by atoms with E-state index in [0.29, 0.717) is 11.1 Å². The fraction of sp³-hybridized carbons (Fsp3) is 0.150. The molecule has 0 aliphatic carbocycles. The third-order valence-electron chi connectivity index (χ3n) is 4.59. The number of nitrogens with one attached hydrogen (secondary N) is 1. The van der Waals surface area contributed by atoms with Gasteiger partial charge in [0.1, 0.15) is 6.61 Å². The molecule has 0 saturated carbocycles. The fourth-order valence-electron chi connectivity index (χ4n) is 3.28. The van der Waals surface area contributed by atoms with E-state index in [1.807, 2.05) is 0 Å². The SMILES string of the molecule is [CH2][C@@H]1COC(=O)N1c1ccc2cc(-c3ccccc3C(F)(F)F)[nH]c(=O)c2c1. The lowest BCUT2D eigenvalue weighted by Crippen LogP contribution is -2.31. The van der Waals surface area contributed by atoms with Crippen LogP contribution in [0.1, 0.15) is 5.56 Å². The second kappa shape index (κ2) is 6.40. The Kier molecular flexibility index (Phi) is 4.14. The third kappa shape index (κ3) is 3.00. The molecule has 0 spiro atoms. The molecule has 4 rings (SSSR count). The lowest BCUT2D eigenvalue weighted by Gasteiger charge is -2.18. The minimum absolute atomic E-state index is 0.0637. The van der Waals surface area contributed by atoms with E-state index in [-0.39, 0.29) is 23.3 Å². The number of cyclic esters (lactones) is 1. The van der Waals surface area contributed by atoms with Crippen molar-refractivity contribution in [3.8, 4) is 11.3 Å². The Morgan fingerprint density at radius 1 is 1.11 bits per heavy atom. The first kappa shape index (κ1) is 18.1. The molecule has 1 amide bonds. The Balaban J connectivity index is 1.85. The van der Waals surface area contributed by atoms with Crippen LogP contribution in [0.25, 0.3) is 22.0 Å². The number of amides is 1. The molecule has 0 bridgehead atoms. The number of ether oxygens (including phenoxy) is 1. The highest BCUT2D eigenvalue weighted by Gasteiger charge is 2.34. The molecule has 1 radical (unpaired) electrons. The van der Waals surface area contributed by atoms with Crippen LogP contribution in [0.5, 0.6) is 0 Å². The number of hydrogen-bond acceptors (Lipinski definition) is 3. The monoisotopic (exact) mass is 387 g/mol. The maximum Gasteiger partial charge on any atom is 0.417 e. The largest absolute Gasteiger partial charge is 0.447 e. The van der Waals surface area contributed by atoms with Crippen LogP contribution in [0.15, 0.2) is 53.3 Å². The summed E-state index contributed by atoms with van der Waals surface area (Å²) in [5.41, 5.74) is -1.00. The fourth-order valence-corrected chi connectivity index (χ4v) is 3.28. The Morgan fingerprint density at radius 2 is 1.86 bits per heavy atom. The molecule has 28 heavy (non-hydrogen) atoms. The smallest absolute Gasteiger partial charge is 0.417 e. The summed E-state index contributed by atoms with van der Waals surface area (Å²) < 4.78 is 44.8. The predicted molar refractivity (Wildman–Crippen MR) is 98.0 cm³/mol. The standard InChI is InChI=1S/C20H14F3N2O3/c1-11-10-28-19(27)25(11)13-7-6-12-8-17(24-18(26)15(12)9-13)14-4-2-3-5-16(14)20(21,22)23/h2-9,11H,1,10H2,(H,24,26)/t11-/m1/s1. The van der Waals surface area contributed by atoms with Crippen LogP contribution in [0.4, 0.5) is 23.7 Å². The summed E-state index contributed by atoms with van der Waals surface area (Å²) in [4.78, 5) is 28.3. The number of rotatable bonds is 2. The number of hydrogen-bond donors (Lipinski definition) is 1. The molecule has 2 heterocycles. The van der Waals surface area contributed by atoms with Crippen LogP contribution in [0.3, 0.4) is 0 Å². The lowest BCUT2D eigenvalue weighted by molar-refractivity contribution is -0.137. The first-order valence-electron chi connectivity index (χ1n) is 8.38. The highest BCUT2D eigenvalue weighted by molar-refractivity contribution is 5.95. The van der Waals surface area contributed by atoms with Crippen molar-refractivity contribution in [2.45, 2.75) is 12.2 Å². The van der Waals surface area contributed by atoms with E-state index >= 15 is 0 Å². The molecule has 8 heteroatoms. The van der Waals surface area contributed by atoms with Crippen LogP contribution < -0.4 is 10.5 Å². The van der Waals surface area contributed by atoms with Crippen molar-refractivity contribution in [2.75, 3.05) is 11.5 Å². The number of carbonyl (C=O) groups is 1. The summed E-state index contributed by atoms with van der Waals surface area (Å²) in [7, 11) is 0. The van der Waals surface area contributed by atoms with Crippen LogP contribution >= 0.6 is 0 Å². The van der Waals surface area contributed by atoms with Gasteiger partial charge >= 0.3 is 12.3 Å². The van der Waals surface area contributed by atoms with Gasteiger partial charge in [-0.15, -0.1) is 0 Å². The number of H-pyrrole nitrogens is 1. The van der Waals surface area contributed by atoms with Crippen molar-refractivity contribution >= 4 is 22.6 Å². The number of aromatic amines is 1. The van der Waals surface area contributed by atoms with Crippen molar-refractivity contribution < 1.29 is 22.7 Å². The molecule has 2 aromatic carbocycles. The normalized spacial score (nSPS) is 17.2. The van der Waals surface area contributed by atoms with E-state index in [1.54, 1.807) is 12.1 Å². The maximum absolute atomic E-state index is 13.3. The molecule has 1 aromatic heterocycles. The van der Waals surface area contributed by atoms with Crippen molar-refractivity contribution in [3.63, 3.8) is 0 Å². The zero-order valence-electron chi connectivity index (χ0n) is 14.4. The summed E-state index contributed by atoms with van der Waals surface area (Å²) in [5, 5.41) is 0.699. The number of aromatic nitrogens is 1. The first-order chi connectivity index (χ1) is 13.3. The number of anilines is 1. The van der Waals surface area contributed by atoms with Crippen molar-refractivity contribution in [2.24, 2.45) is 0 Å². The van der Waals surface area contributed by atoms with Gasteiger partial charge in [0.15, 0.2) is 0 Å². The summed E-state index contributed by atoms with van der Waals surface area (Å²) in [6.07, 6.45) is -5.11. The van der Waals surface area contributed by atoms with Crippen molar-refractivity contribution in [3.05, 3.63) is 71.4 Å². The van der Waals surface area contributed by atoms with E-state index < -0.39 is 29.4 Å². The average Bonchev–Trinajstić information content (AvgIpc) is 2.99. The Labute approximate surface area is 157 Å². The van der Waals surface area contributed by atoms with Gasteiger partial charge in [0.25, 0.3) is 5.56 Å². The number of nitrogens with zero attached hydrogens (tertiary/aromatic N) is 1. The number of carbonyl (C=O) groups excluding carboxylic acids is 1. The average molecular weight is 387 g/mol. The van der Waals surface area contributed by atoms with Crippen LogP contribution in [-0.4, -0.2) is 23.7 Å². The van der Waals surface area contributed by atoms with Gasteiger partial charge in [-0.2, -0.15) is 13.2 Å². The number of halogens is 3.